The van der Waals surface area contributed by atoms with Gasteiger partial charge in [-0.15, -0.1) is 0 Å². The van der Waals surface area contributed by atoms with Crippen LogP contribution in [0.15, 0.2) is 54.7 Å². The summed E-state index contributed by atoms with van der Waals surface area (Å²) in [5, 5.41) is 1.22. The number of pyridine rings is 1. The number of piperazine rings is 1. The maximum atomic E-state index is 4.50. The van der Waals surface area contributed by atoms with Crippen molar-refractivity contribution in [3.8, 4) is 11.1 Å². The van der Waals surface area contributed by atoms with Gasteiger partial charge in [-0.05, 0) is 48.9 Å². The summed E-state index contributed by atoms with van der Waals surface area (Å²) in [7, 11) is 2.21. The molecule has 0 unspecified atom stereocenters. The first-order valence-corrected chi connectivity index (χ1v) is 9.05. The van der Waals surface area contributed by atoms with Gasteiger partial charge in [-0.1, -0.05) is 35.9 Å². The third-order valence-corrected chi connectivity index (χ3v) is 5.10. The third kappa shape index (κ3) is 3.58. The molecule has 128 valence electrons. The Morgan fingerprint density at radius 2 is 1.80 bits per heavy atom. The Bertz CT molecular complexity index is 874. The van der Waals surface area contributed by atoms with Gasteiger partial charge in [0.1, 0.15) is 0 Å². The van der Waals surface area contributed by atoms with Gasteiger partial charge in [-0.2, -0.15) is 0 Å². The summed E-state index contributed by atoms with van der Waals surface area (Å²) in [4.78, 5) is 9.46. The highest BCUT2D eigenvalue weighted by Crippen LogP contribution is 2.29. The van der Waals surface area contributed by atoms with E-state index >= 15 is 0 Å². The Kier molecular flexibility index (Phi) is 4.51. The normalized spacial score (nSPS) is 16.4. The first-order chi connectivity index (χ1) is 12.2. The van der Waals surface area contributed by atoms with E-state index in [1.54, 1.807) is 0 Å². The van der Waals surface area contributed by atoms with E-state index in [1.807, 2.05) is 12.3 Å². The van der Waals surface area contributed by atoms with Crippen molar-refractivity contribution in [3.05, 3.63) is 65.9 Å². The molecule has 0 N–H and O–H groups in total. The van der Waals surface area contributed by atoms with E-state index in [2.05, 4.69) is 71.2 Å². The fraction of sp³-hybridized carbons (Fsp3) is 0.318. The number of hydrogen-bond acceptors (Lipinski definition) is 3. The number of likely N-dealkylation sites (N-methyl/N-ethyl adjacent to an activating group) is 1. The number of rotatable bonds is 3. The van der Waals surface area contributed by atoms with Crippen LogP contribution in [0.2, 0.25) is 0 Å². The van der Waals surface area contributed by atoms with Gasteiger partial charge < -0.3 is 4.90 Å². The number of aromatic nitrogens is 1. The Labute approximate surface area is 149 Å². The van der Waals surface area contributed by atoms with Crippen molar-refractivity contribution in [2.75, 3.05) is 33.2 Å². The Balaban J connectivity index is 1.67. The van der Waals surface area contributed by atoms with Gasteiger partial charge in [0.15, 0.2) is 0 Å². The van der Waals surface area contributed by atoms with Crippen LogP contribution in [-0.4, -0.2) is 48.0 Å². The van der Waals surface area contributed by atoms with Gasteiger partial charge in [-0.3, -0.25) is 9.88 Å². The smallest absolute Gasteiger partial charge is 0.0708 e. The van der Waals surface area contributed by atoms with Crippen molar-refractivity contribution in [3.63, 3.8) is 0 Å². The Morgan fingerprint density at radius 3 is 2.64 bits per heavy atom. The maximum Gasteiger partial charge on any atom is 0.0708 e. The lowest BCUT2D eigenvalue weighted by atomic mass is 9.97. The largest absolute Gasteiger partial charge is 0.304 e. The molecule has 2 aromatic carbocycles. The van der Waals surface area contributed by atoms with E-state index in [4.69, 9.17) is 0 Å². The molecule has 3 heteroatoms. The summed E-state index contributed by atoms with van der Waals surface area (Å²) in [6.45, 7) is 7.85. The zero-order chi connectivity index (χ0) is 17.2. The van der Waals surface area contributed by atoms with Crippen LogP contribution in [0.1, 0.15) is 11.1 Å². The number of aryl methyl sites for hydroxylation is 1. The van der Waals surface area contributed by atoms with Crippen LogP contribution in [0.5, 0.6) is 0 Å². The quantitative estimate of drug-likeness (QED) is 0.724. The van der Waals surface area contributed by atoms with E-state index in [-0.39, 0.29) is 0 Å². The van der Waals surface area contributed by atoms with E-state index in [9.17, 15) is 0 Å². The minimum Gasteiger partial charge on any atom is -0.304 e. The molecule has 3 nitrogen and oxygen atoms in total. The van der Waals surface area contributed by atoms with Crippen molar-refractivity contribution >= 4 is 10.9 Å². The number of hydrogen-bond donors (Lipinski definition) is 0. The number of benzene rings is 2. The molecule has 1 fully saturated rings. The average Bonchev–Trinajstić information content (AvgIpc) is 2.63. The lowest BCUT2D eigenvalue weighted by Gasteiger charge is -2.32. The Morgan fingerprint density at radius 1 is 0.960 bits per heavy atom. The van der Waals surface area contributed by atoms with Gasteiger partial charge in [-0.25, -0.2) is 0 Å². The van der Waals surface area contributed by atoms with Gasteiger partial charge in [0.25, 0.3) is 0 Å². The van der Waals surface area contributed by atoms with Crippen LogP contribution in [0, 0.1) is 6.92 Å². The van der Waals surface area contributed by atoms with Gasteiger partial charge in [0.2, 0.25) is 0 Å². The van der Waals surface area contributed by atoms with Crippen molar-refractivity contribution in [2.45, 2.75) is 13.5 Å². The third-order valence-electron chi connectivity index (χ3n) is 5.10. The number of nitrogens with zero attached hydrogens (tertiary/aromatic N) is 3. The molecule has 1 aromatic heterocycles. The molecule has 0 spiro atoms. The summed E-state index contributed by atoms with van der Waals surface area (Å²) < 4.78 is 0. The molecule has 2 heterocycles. The lowest BCUT2D eigenvalue weighted by molar-refractivity contribution is 0.148. The van der Waals surface area contributed by atoms with Crippen molar-refractivity contribution in [1.82, 2.24) is 14.8 Å². The van der Waals surface area contributed by atoms with Crippen molar-refractivity contribution in [2.24, 2.45) is 0 Å². The molecule has 25 heavy (non-hydrogen) atoms. The fourth-order valence-corrected chi connectivity index (χ4v) is 3.73. The average molecular weight is 331 g/mol. The minimum absolute atomic E-state index is 1.03. The SMILES string of the molecule is Cc1cc(CN2CCN(C)CC2)cc(-c2cccc3ncccc23)c1. The summed E-state index contributed by atoms with van der Waals surface area (Å²) in [5.41, 5.74) is 6.35. The molecule has 0 bridgehead atoms. The van der Waals surface area contributed by atoms with Gasteiger partial charge in [0, 0.05) is 44.3 Å². The molecule has 1 saturated heterocycles. The standard InChI is InChI=1S/C22H25N3/c1-17-13-18(16-25-11-9-24(2)10-12-25)15-19(14-17)20-5-3-7-22-21(20)6-4-8-23-22/h3-8,13-15H,9-12,16H2,1-2H3. The molecule has 0 amide bonds. The van der Waals surface area contributed by atoms with E-state index in [1.165, 1.54) is 27.6 Å². The molecule has 1 aliphatic heterocycles. The summed E-state index contributed by atoms with van der Waals surface area (Å²) >= 11 is 0. The molecule has 0 saturated carbocycles. The highest BCUT2D eigenvalue weighted by molar-refractivity contribution is 5.94. The number of fused-ring (bicyclic) bond motifs is 1. The van der Waals surface area contributed by atoms with Crippen LogP contribution in [-0.2, 0) is 6.54 Å². The van der Waals surface area contributed by atoms with Crippen molar-refractivity contribution < 1.29 is 0 Å². The molecular formula is C22H25N3. The predicted octanol–water partition coefficient (Wildman–Crippen LogP) is 3.96. The topological polar surface area (TPSA) is 19.4 Å². The molecule has 1 aliphatic rings. The van der Waals surface area contributed by atoms with Gasteiger partial charge >= 0.3 is 0 Å². The van der Waals surface area contributed by atoms with Crippen LogP contribution < -0.4 is 0 Å². The van der Waals surface area contributed by atoms with Crippen LogP contribution in [0.3, 0.4) is 0 Å². The zero-order valence-corrected chi connectivity index (χ0v) is 15.1. The second-order valence-electron chi connectivity index (χ2n) is 7.16. The highest BCUT2D eigenvalue weighted by Gasteiger charge is 2.14. The van der Waals surface area contributed by atoms with Crippen LogP contribution in [0.25, 0.3) is 22.0 Å². The first-order valence-electron chi connectivity index (χ1n) is 9.05. The fourth-order valence-electron chi connectivity index (χ4n) is 3.73. The molecule has 3 aromatic rings. The summed E-state index contributed by atoms with van der Waals surface area (Å²) in [5.74, 6) is 0. The van der Waals surface area contributed by atoms with Gasteiger partial charge in [0.05, 0.1) is 5.52 Å². The lowest BCUT2D eigenvalue weighted by Crippen LogP contribution is -2.43. The molecule has 0 radical (unpaired) electrons. The summed E-state index contributed by atoms with van der Waals surface area (Å²) in [6.07, 6.45) is 1.86. The molecule has 4 rings (SSSR count). The molecular weight excluding hydrogens is 306 g/mol. The highest BCUT2D eigenvalue weighted by atomic mass is 15.2. The summed E-state index contributed by atoms with van der Waals surface area (Å²) in [6, 6.07) is 17.5. The Hall–Kier alpha value is -2.23. The predicted molar refractivity (Wildman–Crippen MR) is 105 cm³/mol. The van der Waals surface area contributed by atoms with Crippen LogP contribution in [0.4, 0.5) is 0 Å². The molecule has 0 aliphatic carbocycles. The van der Waals surface area contributed by atoms with Crippen molar-refractivity contribution in [1.29, 1.82) is 0 Å². The zero-order valence-electron chi connectivity index (χ0n) is 15.1. The molecule has 0 atom stereocenters. The first kappa shape index (κ1) is 16.2. The monoisotopic (exact) mass is 331 g/mol. The van der Waals surface area contributed by atoms with Crippen LogP contribution >= 0.6 is 0 Å². The maximum absolute atomic E-state index is 4.50. The van der Waals surface area contributed by atoms with E-state index < -0.39 is 0 Å². The second-order valence-corrected chi connectivity index (χ2v) is 7.16. The van der Waals surface area contributed by atoms with E-state index in [0.29, 0.717) is 0 Å². The second kappa shape index (κ2) is 6.95. The minimum atomic E-state index is 1.03. The van der Waals surface area contributed by atoms with E-state index in [0.717, 1.165) is 38.2 Å².